The molecule has 0 saturated heterocycles. The normalized spacial score (nSPS) is 21.8. The van der Waals surface area contributed by atoms with Gasteiger partial charge in [0.2, 0.25) is 0 Å². The van der Waals surface area contributed by atoms with Crippen molar-refractivity contribution in [1.82, 2.24) is 0 Å². The lowest BCUT2D eigenvalue weighted by Gasteiger charge is -2.18. The van der Waals surface area contributed by atoms with Gasteiger partial charge in [-0.05, 0) is 41.9 Å². The van der Waals surface area contributed by atoms with Gasteiger partial charge in [-0.15, -0.1) is 5.73 Å². The van der Waals surface area contributed by atoms with Crippen molar-refractivity contribution in [3.63, 3.8) is 0 Å². The quantitative estimate of drug-likeness (QED) is 0.624. The van der Waals surface area contributed by atoms with E-state index >= 15 is 0 Å². The largest absolute Gasteiger partial charge is 0.197 e. The Labute approximate surface area is 145 Å². The van der Waals surface area contributed by atoms with E-state index in [1.165, 1.54) is 0 Å². The molecular weight excluding hydrogens is 290 g/mol. The molecule has 1 atom stereocenters. The van der Waals surface area contributed by atoms with Gasteiger partial charge >= 0.3 is 0 Å². The molecule has 0 heterocycles. The zero-order valence-electron chi connectivity index (χ0n) is 14.6. The van der Waals surface area contributed by atoms with Gasteiger partial charge in [0, 0.05) is 5.57 Å². The molecule has 0 radical (unpaired) electrons. The van der Waals surface area contributed by atoms with E-state index in [2.05, 4.69) is 56.8 Å². The Balaban J connectivity index is 2.26. The van der Waals surface area contributed by atoms with Gasteiger partial charge in [0.1, 0.15) is 0 Å². The molecule has 24 heavy (non-hydrogen) atoms. The summed E-state index contributed by atoms with van der Waals surface area (Å²) in [6, 6.07) is 23.2. The first-order valence-electron chi connectivity index (χ1n) is 8.46. The molecule has 2 aromatic carbocycles. The molecule has 0 bridgehead atoms. The molecule has 1 nitrogen and oxygen atoms in total. The third kappa shape index (κ3) is 3.21. The molecule has 1 heteroatoms. The lowest BCUT2D eigenvalue weighted by atomic mass is 9.83. The van der Waals surface area contributed by atoms with Gasteiger partial charge in [-0.2, -0.15) is 5.26 Å². The highest BCUT2D eigenvalue weighted by Crippen LogP contribution is 2.52. The molecule has 1 aliphatic carbocycles. The Hall–Kier alpha value is -2.55. The van der Waals surface area contributed by atoms with Crippen LogP contribution in [0.5, 0.6) is 0 Å². The van der Waals surface area contributed by atoms with Crippen molar-refractivity contribution >= 4 is 5.57 Å². The van der Waals surface area contributed by atoms with Crippen molar-refractivity contribution in [3.8, 4) is 6.07 Å². The van der Waals surface area contributed by atoms with E-state index in [4.69, 9.17) is 0 Å². The fourth-order valence-corrected chi connectivity index (χ4v) is 3.76. The summed E-state index contributed by atoms with van der Waals surface area (Å²) in [5.74, 6) is 0. The van der Waals surface area contributed by atoms with Crippen LogP contribution in [-0.4, -0.2) is 0 Å². The molecule has 0 N–H and O–H groups in total. The lowest BCUT2D eigenvalue weighted by molar-refractivity contribution is 0.339. The molecule has 120 valence electrons. The molecule has 0 aliphatic heterocycles. The van der Waals surface area contributed by atoms with Crippen LogP contribution in [0.15, 0.2) is 72.0 Å². The average Bonchev–Trinajstić information content (AvgIpc) is 2.83. The fourth-order valence-electron chi connectivity index (χ4n) is 3.76. The average molecular weight is 313 g/mol. The predicted molar refractivity (Wildman–Crippen MR) is 99.2 cm³/mol. The van der Waals surface area contributed by atoms with Crippen molar-refractivity contribution in [1.29, 1.82) is 5.26 Å². The standard InChI is InChI=1S/C23H23N/c1-22(2)15-20(23(3,16-22)17-24)14-21(18-10-6-4-7-11-18)19-12-8-5-9-13-19/h4-13H,15-16H2,1-3H3. The summed E-state index contributed by atoms with van der Waals surface area (Å²) < 4.78 is 0. The summed E-state index contributed by atoms with van der Waals surface area (Å²) >= 11 is 0. The monoisotopic (exact) mass is 313 g/mol. The number of hydrogen-bond donors (Lipinski definition) is 0. The molecular formula is C23H23N. The molecule has 1 unspecified atom stereocenters. The number of nitrogens with zero attached hydrogens (tertiary/aromatic N) is 1. The Morgan fingerprint density at radius 1 is 0.875 bits per heavy atom. The first kappa shape index (κ1) is 16.3. The topological polar surface area (TPSA) is 23.8 Å². The van der Waals surface area contributed by atoms with E-state index in [0.29, 0.717) is 0 Å². The van der Waals surface area contributed by atoms with Crippen LogP contribution in [0.3, 0.4) is 0 Å². The van der Waals surface area contributed by atoms with Crippen molar-refractivity contribution in [3.05, 3.63) is 83.1 Å². The Morgan fingerprint density at radius 2 is 1.38 bits per heavy atom. The van der Waals surface area contributed by atoms with E-state index in [0.717, 1.165) is 35.1 Å². The third-order valence-electron chi connectivity index (χ3n) is 4.80. The lowest BCUT2D eigenvalue weighted by Crippen LogP contribution is -2.13. The minimum absolute atomic E-state index is 0.144. The summed E-state index contributed by atoms with van der Waals surface area (Å²) in [4.78, 5) is 0. The SMILES string of the molecule is CC1(C)CC(=C=C(c2ccccc2)c2ccccc2)C(C)(C#N)C1. The van der Waals surface area contributed by atoms with Gasteiger partial charge in [-0.3, -0.25) is 0 Å². The molecule has 1 fully saturated rings. The van der Waals surface area contributed by atoms with Crippen LogP contribution in [0.1, 0.15) is 44.7 Å². The van der Waals surface area contributed by atoms with E-state index < -0.39 is 5.41 Å². The van der Waals surface area contributed by atoms with Crippen molar-refractivity contribution in [2.45, 2.75) is 33.6 Å². The maximum absolute atomic E-state index is 9.76. The number of nitriles is 1. The van der Waals surface area contributed by atoms with Crippen molar-refractivity contribution in [2.75, 3.05) is 0 Å². The second kappa shape index (κ2) is 6.16. The second-order valence-electron chi connectivity index (χ2n) is 7.67. The molecule has 3 rings (SSSR count). The van der Waals surface area contributed by atoms with Gasteiger partial charge in [-0.25, -0.2) is 0 Å². The number of allylic oxidation sites excluding steroid dienone is 1. The van der Waals surface area contributed by atoms with Gasteiger partial charge < -0.3 is 0 Å². The molecule has 1 saturated carbocycles. The predicted octanol–water partition coefficient (Wildman–Crippen LogP) is 5.99. The number of hydrogen-bond acceptors (Lipinski definition) is 1. The maximum atomic E-state index is 9.76. The fraction of sp³-hybridized carbons (Fsp3) is 0.304. The van der Waals surface area contributed by atoms with Crippen LogP contribution >= 0.6 is 0 Å². The number of benzene rings is 2. The summed E-state index contributed by atoms with van der Waals surface area (Å²) in [5.41, 5.74) is 7.85. The summed E-state index contributed by atoms with van der Waals surface area (Å²) in [6.07, 6.45) is 1.80. The van der Waals surface area contributed by atoms with Gasteiger partial charge in [0.25, 0.3) is 0 Å². The van der Waals surface area contributed by atoms with Gasteiger partial charge in [-0.1, -0.05) is 74.5 Å². The molecule has 0 amide bonds. The molecule has 2 aromatic rings. The van der Waals surface area contributed by atoms with Crippen LogP contribution in [0.4, 0.5) is 0 Å². The zero-order chi connectivity index (χ0) is 17.2. The molecule has 0 spiro atoms. The van der Waals surface area contributed by atoms with Crippen LogP contribution in [-0.2, 0) is 0 Å². The second-order valence-corrected chi connectivity index (χ2v) is 7.67. The molecule has 0 aromatic heterocycles. The zero-order valence-corrected chi connectivity index (χ0v) is 14.6. The maximum Gasteiger partial charge on any atom is 0.0833 e. The van der Waals surface area contributed by atoms with Crippen molar-refractivity contribution < 1.29 is 0 Å². The van der Waals surface area contributed by atoms with E-state index in [9.17, 15) is 5.26 Å². The first-order valence-corrected chi connectivity index (χ1v) is 8.46. The Kier molecular flexibility index (Phi) is 4.18. The van der Waals surface area contributed by atoms with E-state index in [-0.39, 0.29) is 5.41 Å². The Morgan fingerprint density at radius 3 is 1.83 bits per heavy atom. The third-order valence-corrected chi connectivity index (χ3v) is 4.80. The number of rotatable bonds is 2. The highest BCUT2D eigenvalue weighted by Gasteiger charge is 2.44. The van der Waals surface area contributed by atoms with Crippen LogP contribution in [0.25, 0.3) is 5.57 Å². The van der Waals surface area contributed by atoms with Crippen LogP contribution in [0.2, 0.25) is 0 Å². The van der Waals surface area contributed by atoms with Crippen LogP contribution < -0.4 is 0 Å². The van der Waals surface area contributed by atoms with Gasteiger partial charge in [0.15, 0.2) is 0 Å². The van der Waals surface area contributed by atoms with Crippen molar-refractivity contribution in [2.24, 2.45) is 10.8 Å². The van der Waals surface area contributed by atoms with Gasteiger partial charge in [0.05, 0.1) is 11.5 Å². The minimum atomic E-state index is -0.432. The summed E-state index contributed by atoms with van der Waals surface area (Å²) in [5, 5.41) is 9.76. The highest BCUT2D eigenvalue weighted by atomic mass is 14.5. The summed E-state index contributed by atoms with van der Waals surface area (Å²) in [7, 11) is 0. The first-order chi connectivity index (χ1) is 11.4. The minimum Gasteiger partial charge on any atom is -0.197 e. The highest BCUT2D eigenvalue weighted by molar-refractivity contribution is 5.79. The Bertz CT molecular complexity index is 789. The molecule has 1 aliphatic rings. The smallest absolute Gasteiger partial charge is 0.0833 e. The van der Waals surface area contributed by atoms with E-state index in [1.54, 1.807) is 0 Å². The van der Waals surface area contributed by atoms with Crippen LogP contribution in [0, 0.1) is 22.2 Å². The summed E-state index contributed by atoms with van der Waals surface area (Å²) in [6.45, 7) is 6.53. The van der Waals surface area contributed by atoms with E-state index in [1.807, 2.05) is 36.4 Å².